The van der Waals surface area contributed by atoms with Crippen molar-refractivity contribution in [1.29, 1.82) is 0 Å². The molecule has 128 valence electrons. The molecule has 7 nitrogen and oxygen atoms in total. The molecule has 1 aromatic rings. The normalized spacial score (nSPS) is 14.8. The summed E-state index contributed by atoms with van der Waals surface area (Å²) in [5, 5.41) is 5.63. The average Bonchev–Trinajstić information content (AvgIpc) is 3.42. The fourth-order valence-electron chi connectivity index (χ4n) is 2.42. The number of nitrogens with one attached hydrogen (secondary N) is 2. The van der Waals surface area contributed by atoms with Crippen molar-refractivity contribution < 1.29 is 14.3 Å². The van der Waals surface area contributed by atoms with E-state index in [0.29, 0.717) is 18.3 Å². The highest BCUT2D eigenvalue weighted by molar-refractivity contribution is 5.73. The lowest BCUT2D eigenvalue weighted by molar-refractivity contribution is -0.213. The molecule has 1 aliphatic rings. The maximum Gasteiger partial charge on any atom is 0.315 e. The predicted octanol–water partition coefficient (Wildman–Crippen LogP) is 0.921. The lowest BCUT2D eigenvalue weighted by Gasteiger charge is -2.30. The highest BCUT2D eigenvalue weighted by Gasteiger charge is 2.34. The second-order valence-corrected chi connectivity index (χ2v) is 5.70. The van der Waals surface area contributed by atoms with Gasteiger partial charge in [-0.05, 0) is 32.0 Å². The van der Waals surface area contributed by atoms with E-state index in [1.54, 1.807) is 12.3 Å². The number of methoxy groups -OCH3 is 2. The minimum absolute atomic E-state index is 0.168. The van der Waals surface area contributed by atoms with Crippen molar-refractivity contribution in [3.05, 3.63) is 30.1 Å². The van der Waals surface area contributed by atoms with Gasteiger partial charge in [0.2, 0.25) is 5.79 Å². The van der Waals surface area contributed by atoms with Crippen LogP contribution >= 0.6 is 0 Å². The number of hydrogen-bond acceptors (Lipinski definition) is 5. The van der Waals surface area contributed by atoms with Crippen LogP contribution in [0.2, 0.25) is 0 Å². The molecule has 0 bridgehead atoms. The van der Waals surface area contributed by atoms with Gasteiger partial charge in [-0.3, -0.25) is 4.98 Å². The lowest BCUT2D eigenvalue weighted by Crippen LogP contribution is -2.48. The van der Waals surface area contributed by atoms with Crippen LogP contribution in [0, 0.1) is 0 Å². The Balaban J connectivity index is 1.80. The van der Waals surface area contributed by atoms with Crippen LogP contribution in [0.15, 0.2) is 24.4 Å². The second kappa shape index (κ2) is 8.24. The molecule has 0 atom stereocenters. The Labute approximate surface area is 137 Å². The maximum absolute atomic E-state index is 11.9. The van der Waals surface area contributed by atoms with Crippen LogP contribution in [0.25, 0.3) is 0 Å². The molecule has 0 radical (unpaired) electrons. The van der Waals surface area contributed by atoms with E-state index >= 15 is 0 Å². The number of ether oxygens (including phenoxy) is 2. The number of hydrogen-bond donors (Lipinski definition) is 2. The molecule has 1 aliphatic carbocycles. The lowest BCUT2D eigenvalue weighted by atomic mass is 10.1. The standard InChI is InChI=1S/C16H26N4O3/c1-20(13-7-8-13)11-10-18-15(21)19-12-16(22-2,23-3)14-6-4-5-9-17-14/h4-6,9,13H,7-8,10-12H2,1-3H3,(H2,18,19,21). The summed E-state index contributed by atoms with van der Waals surface area (Å²) in [5.41, 5.74) is 0.610. The molecule has 0 aromatic carbocycles. The fourth-order valence-corrected chi connectivity index (χ4v) is 2.42. The maximum atomic E-state index is 11.9. The Morgan fingerprint density at radius 1 is 1.35 bits per heavy atom. The quantitative estimate of drug-likeness (QED) is 0.661. The molecular weight excluding hydrogens is 296 g/mol. The number of nitrogens with zero attached hydrogens (tertiary/aromatic N) is 2. The smallest absolute Gasteiger partial charge is 0.315 e. The number of likely N-dealkylation sites (N-methyl/N-ethyl adjacent to an activating group) is 1. The Morgan fingerprint density at radius 2 is 2.09 bits per heavy atom. The Kier molecular flexibility index (Phi) is 6.32. The van der Waals surface area contributed by atoms with Gasteiger partial charge in [-0.15, -0.1) is 0 Å². The van der Waals surface area contributed by atoms with E-state index in [-0.39, 0.29) is 12.6 Å². The molecule has 2 amide bonds. The Morgan fingerprint density at radius 3 is 2.65 bits per heavy atom. The van der Waals surface area contributed by atoms with Gasteiger partial charge in [0.05, 0.1) is 6.54 Å². The highest BCUT2D eigenvalue weighted by Crippen LogP contribution is 2.24. The van der Waals surface area contributed by atoms with Crippen LogP contribution in [-0.2, 0) is 15.3 Å². The molecule has 0 spiro atoms. The number of aromatic nitrogens is 1. The molecule has 2 N–H and O–H groups in total. The number of pyridine rings is 1. The summed E-state index contributed by atoms with van der Waals surface area (Å²) in [6, 6.07) is 5.91. The summed E-state index contributed by atoms with van der Waals surface area (Å²) in [6.45, 7) is 1.62. The predicted molar refractivity (Wildman–Crippen MR) is 87.0 cm³/mol. The number of urea groups is 1. The highest BCUT2D eigenvalue weighted by atomic mass is 16.7. The summed E-state index contributed by atoms with van der Waals surface area (Å²) < 4.78 is 10.9. The largest absolute Gasteiger partial charge is 0.347 e. The van der Waals surface area contributed by atoms with Gasteiger partial charge in [0, 0.05) is 39.5 Å². The molecule has 7 heteroatoms. The van der Waals surface area contributed by atoms with Crippen LogP contribution in [0.1, 0.15) is 18.5 Å². The van der Waals surface area contributed by atoms with Crippen LogP contribution in [0.4, 0.5) is 4.79 Å². The van der Waals surface area contributed by atoms with E-state index in [0.717, 1.165) is 6.54 Å². The van der Waals surface area contributed by atoms with E-state index < -0.39 is 5.79 Å². The van der Waals surface area contributed by atoms with Gasteiger partial charge in [0.15, 0.2) is 0 Å². The molecule has 0 aliphatic heterocycles. The molecule has 23 heavy (non-hydrogen) atoms. The molecule has 2 rings (SSSR count). The van der Waals surface area contributed by atoms with Crippen molar-refractivity contribution in [3.8, 4) is 0 Å². The summed E-state index contributed by atoms with van der Waals surface area (Å²) in [7, 11) is 5.14. The van der Waals surface area contributed by atoms with E-state index in [4.69, 9.17) is 9.47 Å². The molecule has 0 unspecified atom stereocenters. The number of carbonyl (C=O) groups is 1. The number of carbonyl (C=O) groups excluding carboxylic acids is 1. The van der Waals surface area contributed by atoms with Gasteiger partial charge in [-0.2, -0.15) is 0 Å². The summed E-state index contributed by atoms with van der Waals surface area (Å²) in [4.78, 5) is 18.5. The third kappa shape index (κ3) is 4.89. The first-order chi connectivity index (χ1) is 11.1. The van der Waals surface area contributed by atoms with Crippen molar-refractivity contribution in [2.75, 3.05) is 40.9 Å². The van der Waals surface area contributed by atoms with Gasteiger partial charge in [-0.25, -0.2) is 4.79 Å². The van der Waals surface area contributed by atoms with Crippen molar-refractivity contribution in [1.82, 2.24) is 20.5 Å². The summed E-state index contributed by atoms with van der Waals surface area (Å²) in [5.74, 6) is -1.09. The first kappa shape index (κ1) is 17.7. The van der Waals surface area contributed by atoms with E-state index in [2.05, 4.69) is 27.6 Å². The van der Waals surface area contributed by atoms with Gasteiger partial charge in [0.25, 0.3) is 0 Å². The zero-order valence-corrected chi connectivity index (χ0v) is 14.0. The first-order valence-electron chi connectivity index (χ1n) is 7.85. The van der Waals surface area contributed by atoms with E-state index in [1.165, 1.54) is 27.1 Å². The van der Waals surface area contributed by atoms with Crippen molar-refractivity contribution >= 4 is 6.03 Å². The summed E-state index contributed by atoms with van der Waals surface area (Å²) >= 11 is 0. The second-order valence-electron chi connectivity index (χ2n) is 5.70. The fraction of sp³-hybridized carbons (Fsp3) is 0.625. The number of amides is 2. The first-order valence-corrected chi connectivity index (χ1v) is 7.85. The monoisotopic (exact) mass is 322 g/mol. The zero-order valence-electron chi connectivity index (χ0n) is 14.0. The van der Waals surface area contributed by atoms with Crippen LogP contribution in [-0.4, -0.2) is 62.9 Å². The molecule has 0 saturated heterocycles. The number of rotatable bonds is 9. The van der Waals surface area contributed by atoms with Crippen LogP contribution in [0.5, 0.6) is 0 Å². The van der Waals surface area contributed by atoms with Crippen molar-refractivity contribution in [3.63, 3.8) is 0 Å². The van der Waals surface area contributed by atoms with Gasteiger partial charge in [0.1, 0.15) is 5.69 Å². The van der Waals surface area contributed by atoms with E-state index in [9.17, 15) is 4.79 Å². The van der Waals surface area contributed by atoms with Crippen LogP contribution < -0.4 is 10.6 Å². The molecule has 1 fully saturated rings. The van der Waals surface area contributed by atoms with Gasteiger partial charge >= 0.3 is 6.03 Å². The molecule has 1 saturated carbocycles. The van der Waals surface area contributed by atoms with E-state index in [1.807, 2.05) is 12.1 Å². The Bertz CT molecular complexity index is 489. The topological polar surface area (TPSA) is 75.7 Å². The molecule has 1 aromatic heterocycles. The average molecular weight is 322 g/mol. The van der Waals surface area contributed by atoms with Crippen LogP contribution in [0.3, 0.4) is 0 Å². The third-order valence-corrected chi connectivity index (χ3v) is 4.12. The SMILES string of the molecule is COC(CNC(=O)NCCN(C)C1CC1)(OC)c1ccccn1. The third-order valence-electron chi connectivity index (χ3n) is 4.12. The van der Waals surface area contributed by atoms with Crippen molar-refractivity contribution in [2.45, 2.75) is 24.7 Å². The van der Waals surface area contributed by atoms with Gasteiger partial charge in [-0.1, -0.05) is 6.07 Å². The zero-order chi connectivity index (χ0) is 16.7. The molecular formula is C16H26N4O3. The van der Waals surface area contributed by atoms with Gasteiger partial charge < -0.3 is 25.0 Å². The minimum Gasteiger partial charge on any atom is -0.347 e. The Hall–Kier alpha value is -1.70. The minimum atomic E-state index is -1.09. The van der Waals surface area contributed by atoms with Crippen molar-refractivity contribution in [2.24, 2.45) is 0 Å². The summed E-state index contributed by atoms with van der Waals surface area (Å²) in [6.07, 6.45) is 4.18. The molecule has 1 heterocycles.